The largest absolute Gasteiger partial charge is 0.346 e. The number of anilines is 1. The molecule has 5 nitrogen and oxygen atoms in total. The lowest BCUT2D eigenvalue weighted by atomic mass is 9.78. The number of hydrogen-bond acceptors (Lipinski definition) is 4. The summed E-state index contributed by atoms with van der Waals surface area (Å²) in [7, 11) is 1.81. The summed E-state index contributed by atoms with van der Waals surface area (Å²) in [6, 6.07) is 0. The van der Waals surface area contributed by atoms with E-state index in [1.807, 2.05) is 7.05 Å². The van der Waals surface area contributed by atoms with E-state index in [0.29, 0.717) is 11.8 Å². The van der Waals surface area contributed by atoms with Crippen LogP contribution in [0.5, 0.6) is 0 Å². The zero-order valence-electron chi connectivity index (χ0n) is 7.50. The van der Waals surface area contributed by atoms with E-state index in [2.05, 4.69) is 20.8 Å². The summed E-state index contributed by atoms with van der Waals surface area (Å²) in [5.41, 5.74) is 0.0318. The van der Waals surface area contributed by atoms with Crippen LogP contribution in [0.2, 0.25) is 0 Å². The number of hydrogen-bond donors (Lipinski definition) is 1. The molecule has 1 N–H and O–H groups in total. The fraction of sp³-hybridized carbons (Fsp3) is 0.857. The van der Waals surface area contributed by atoms with E-state index in [1.165, 1.54) is 6.42 Å². The molecule has 0 radical (unpaired) electrons. The highest BCUT2D eigenvalue weighted by atomic mass is 35.5. The average Bonchev–Trinajstić information content (AvgIpc) is 2.44. The number of tetrazole rings is 1. The van der Waals surface area contributed by atoms with Crippen molar-refractivity contribution in [2.45, 2.75) is 24.8 Å². The van der Waals surface area contributed by atoms with Crippen molar-refractivity contribution in [3.8, 4) is 0 Å². The summed E-state index contributed by atoms with van der Waals surface area (Å²) in [6.07, 6.45) is 3.43. The van der Waals surface area contributed by atoms with Gasteiger partial charge in [0.2, 0.25) is 5.95 Å². The molecule has 1 aromatic rings. The average molecular weight is 202 g/mol. The molecule has 0 aliphatic heterocycles. The molecule has 0 saturated heterocycles. The number of rotatable bonds is 3. The summed E-state index contributed by atoms with van der Waals surface area (Å²) >= 11 is 5.89. The third kappa shape index (κ3) is 1.48. The molecule has 1 heterocycles. The SMILES string of the molecule is Cn1nnnc1NC1(CCl)CCC1. The van der Waals surface area contributed by atoms with E-state index in [1.54, 1.807) is 4.68 Å². The number of aromatic nitrogens is 4. The number of nitrogens with zero attached hydrogens (tertiary/aromatic N) is 4. The topological polar surface area (TPSA) is 55.6 Å². The Morgan fingerprint density at radius 2 is 2.38 bits per heavy atom. The van der Waals surface area contributed by atoms with Crippen molar-refractivity contribution in [1.29, 1.82) is 0 Å². The molecule has 1 aliphatic rings. The highest BCUT2D eigenvalue weighted by Gasteiger charge is 2.37. The van der Waals surface area contributed by atoms with E-state index in [-0.39, 0.29) is 5.54 Å². The Bertz CT molecular complexity index is 287. The second-order valence-corrected chi connectivity index (χ2v) is 3.79. The van der Waals surface area contributed by atoms with Crippen LogP contribution in [0.15, 0.2) is 0 Å². The van der Waals surface area contributed by atoms with Gasteiger partial charge in [0.15, 0.2) is 0 Å². The predicted octanol–water partition coefficient (Wildman–Crippen LogP) is 0.783. The van der Waals surface area contributed by atoms with E-state index >= 15 is 0 Å². The minimum absolute atomic E-state index is 0.0318. The van der Waals surface area contributed by atoms with Crippen LogP contribution in [0, 0.1) is 0 Å². The molecule has 13 heavy (non-hydrogen) atoms. The van der Waals surface area contributed by atoms with Crippen molar-refractivity contribution in [3.05, 3.63) is 0 Å². The van der Waals surface area contributed by atoms with Crippen molar-refractivity contribution in [2.24, 2.45) is 7.05 Å². The highest BCUT2D eigenvalue weighted by Crippen LogP contribution is 2.35. The first kappa shape index (κ1) is 8.74. The molecule has 0 spiro atoms. The molecule has 72 valence electrons. The van der Waals surface area contributed by atoms with Gasteiger partial charge in [-0.05, 0) is 29.7 Å². The molecule has 1 saturated carbocycles. The summed E-state index contributed by atoms with van der Waals surface area (Å²) in [5, 5.41) is 14.4. The number of halogens is 1. The van der Waals surface area contributed by atoms with Gasteiger partial charge in [0, 0.05) is 12.9 Å². The zero-order chi connectivity index (χ0) is 9.31. The van der Waals surface area contributed by atoms with Gasteiger partial charge in [0.1, 0.15) is 0 Å². The molecular formula is C7H12ClN5. The summed E-state index contributed by atoms with van der Waals surface area (Å²) in [5.74, 6) is 1.31. The Morgan fingerprint density at radius 3 is 2.77 bits per heavy atom. The molecule has 1 aliphatic carbocycles. The Labute approximate surface area is 81.5 Å². The van der Waals surface area contributed by atoms with Crippen LogP contribution in [0.25, 0.3) is 0 Å². The molecule has 1 fully saturated rings. The van der Waals surface area contributed by atoms with Gasteiger partial charge in [-0.1, -0.05) is 5.10 Å². The molecule has 1 aromatic heterocycles. The monoisotopic (exact) mass is 201 g/mol. The van der Waals surface area contributed by atoms with Crippen LogP contribution < -0.4 is 5.32 Å². The Kier molecular flexibility index (Phi) is 2.11. The fourth-order valence-corrected chi connectivity index (χ4v) is 1.80. The first-order valence-electron chi connectivity index (χ1n) is 4.32. The van der Waals surface area contributed by atoms with Crippen molar-refractivity contribution < 1.29 is 0 Å². The maximum Gasteiger partial charge on any atom is 0.243 e. The first-order valence-corrected chi connectivity index (χ1v) is 4.86. The van der Waals surface area contributed by atoms with Crippen LogP contribution in [0.4, 0.5) is 5.95 Å². The summed E-state index contributed by atoms with van der Waals surface area (Å²) in [4.78, 5) is 0. The highest BCUT2D eigenvalue weighted by molar-refractivity contribution is 6.18. The Hall–Kier alpha value is -0.840. The van der Waals surface area contributed by atoms with E-state index in [0.717, 1.165) is 12.8 Å². The van der Waals surface area contributed by atoms with Gasteiger partial charge in [-0.25, -0.2) is 4.68 Å². The molecule has 0 aromatic carbocycles. The van der Waals surface area contributed by atoms with Crippen molar-refractivity contribution in [2.75, 3.05) is 11.2 Å². The molecular weight excluding hydrogens is 190 g/mol. The van der Waals surface area contributed by atoms with Gasteiger partial charge in [-0.3, -0.25) is 0 Å². The molecule has 0 amide bonds. The predicted molar refractivity (Wildman–Crippen MR) is 49.7 cm³/mol. The van der Waals surface area contributed by atoms with Crippen LogP contribution >= 0.6 is 11.6 Å². The summed E-state index contributed by atoms with van der Waals surface area (Å²) in [6.45, 7) is 0. The fourth-order valence-electron chi connectivity index (χ4n) is 1.47. The number of aryl methyl sites for hydroxylation is 1. The molecule has 0 bridgehead atoms. The Balaban J connectivity index is 2.08. The van der Waals surface area contributed by atoms with E-state index < -0.39 is 0 Å². The van der Waals surface area contributed by atoms with Crippen LogP contribution in [0.3, 0.4) is 0 Å². The van der Waals surface area contributed by atoms with Gasteiger partial charge in [-0.2, -0.15) is 0 Å². The zero-order valence-corrected chi connectivity index (χ0v) is 8.25. The van der Waals surface area contributed by atoms with Crippen molar-refractivity contribution in [3.63, 3.8) is 0 Å². The van der Waals surface area contributed by atoms with Crippen molar-refractivity contribution >= 4 is 17.5 Å². The van der Waals surface area contributed by atoms with Gasteiger partial charge in [0.25, 0.3) is 0 Å². The first-order chi connectivity index (χ1) is 6.26. The minimum Gasteiger partial charge on any atom is -0.346 e. The second kappa shape index (κ2) is 3.14. The lowest BCUT2D eigenvalue weighted by Crippen LogP contribution is -2.47. The number of alkyl halides is 1. The second-order valence-electron chi connectivity index (χ2n) is 3.52. The maximum atomic E-state index is 5.89. The number of nitrogens with one attached hydrogen (secondary N) is 1. The standard InChI is InChI=1S/C7H12ClN5/c1-13-6(10-11-12-13)9-7(5-8)3-2-4-7/h2-5H2,1H3,(H,9,10,12). The third-order valence-corrected chi connectivity index (χ3v) is 3.08. The molecule has 0 unspecified atom stereocenters. The quantitative estimate of drug-likeness (QED) is 0.735. The maximum absolute atomic E-state index is 5.89. The van der Waals surface area contributed by atoms with Crippen LogP contribution in [0.1, 0.15) is 19.3 Å². The van der Waals surface area contributed by atoms with Crippen LogP contribution in [-0.4, -0.2) is 31.6 Å². The third-order valence-electron chi connectivity index (χ3n) is 2.56. The van der Waals surface area contributed by atoms with Crippen molar-refractivity contribution in [1.82, 2.24) is 20.2 Å². The smallest absolute Gasteiger partial charge is 0.243 e. The van der Waals surface area contributed by atoms with Gasteiger partial charge < -0.3 is 5.32 Å². The normalized spacial score (nSPS) is 19.5. The van der Waals surface area contributed by atoms with E-state index in [9.17, 15) is 0 Å². The lowest BCUT2D eigenvalue weighted by molar-refractivity contribution is 0.308. The Morgan fingerprint density at radius 1 is 1.62 bits per heavy atom. The van der Waals surface area contributed by atoms with Gasteiger partial charge in [-0.15, -0.1) is 11.6 Å². The van der Waals surface area contributed by atoms with Gasteiger partial charge in [0.05, 0.1) is 5.54 Å². The molecule has 6 heteroatoms. The van der Waals surface area contributed by atoms with Crippen LogP contribution in [-0.2, 0) is 7.05 Å². The lowest BCUT2D eigenvalue weighted by Gasteiger charge is -2.40. The molecule has 2 rings (SSSR count). The van der Waals surface area contributed by atoms with Gasteiger partial charge >= 0.3 is 0 Å². The molecule has 0 atom stereocenters. The minimum atomic E-state index is 0.0318. The van der Waals surface area contributed by atoms with E-state index in [4.69, 9.17) is 11.6 Å². The summed E-state index contributed by atoms with van der Waals surface area (Å²) < 4.78 is 1.62.